The molecule has 0 bridgehead atoms. The SMILES string of the molecule is CC1OCCC1Nc1nnc(-c2cc(Cl)ccc2F)cc1C(=O)OC(=O)C(F)(F)F. The van der Waals surface area contributed by atoms with Crippen LogP contribution in [-0.2, 0) is 14.3 Å². The first-order valence-corrected chi connectivity index (χ1v) is 8.98. The van der Waals surface area contributed by atoms with E-state index in [-0.39, 0.29) is 34.2 Å². The number of carbonyl (C=O) groups is 2. The molecular formula is C18H14ClF4N3O4. The highest BCUT2D eigenvalue weighted by atomic mass is 35.5. The standard InChI is InChI=1S/C18H14ClF4N3O4/c1-8-13(4-5-29-8)24-15-11(16(27)30-17(28)18(21,22)23)7-14(25-26-15)10-6-9(19)2-3-12(10)20/h2-3,6-8,13H,4-5H2,1H3,(H,24,26). The van der Waals surface area contributed by atoms with Gasteiger partial charge in [0.25, 0.3) is 0 Å². The van der Waals surface area contributed by atoms with Crippen molar-refractivity contribution in [2.45, 2.75) is 31.7 Å². The molecule has 1 aliphatic heterocycles. The minimum absolute atomic E-state index is 0.143. The van der Waals surface area contributed by atoms with E-state index in [0.717, 1.165) is 12.1 Å². The summed E-state index contributed by atoms with van der Waals surface area (Å²) < 4.78 is 60.9. The predicted molar refractivity (Wildman–Crippen MR) is 96.4 cm³/mol. The van der Waals surface area contributed by atoms with Gasteiger partial charge in [-0.1, -0.05) is 11.6 Å². The number of halogens is 5. The van der Waals surface area contributed by atoms with Crippen molar-refractivity contribution >= 4 is 29.4 Å². The number of carbonyl (C=O) groups excluding carboxylic acids is 2. The maximum Gasteiger partial charge on any atom is 0.491 e. The van der Waals surface area contributed by atoms with Crippen LogP contribution in [0.2, 0.25) is 5.02 Å². The summed E-state index contributed by atoms with van der Waals surface area (Å²) in [6, 6.07) is 4.18. The number of nitrogens with zero attached hydrogens (tertiary/aromatic N) is 2. The van der Waals surface area contributed by atoms with E-state index in [1.54, 1.807) is 6.92 Å². The lowest BCUT2D eigenvalue weighted by atomic mass is 10.1. The van der Waals surface area contributed by atoms with E-state index in [1.807, 2.05) is 0 Å². The summed E-state index contributed by atoms with van der Waals surface area (Å²) in [6.07, 6.45) is -5.12. The molecule has 0 aliphatic carbocycles. The van der Waals surface area contributed by atoms with Crippen LogP contribution in [0.4, 0.5) is 23.4 Å². The molecule has 2 atom stereocenters. The van der Waals surface area contributed by atoms with Gasteiger partial charge in [-0.25, -0.2) is 14.0 Å². The van der Waals surface area contributed by atoms with Crippen LogP contribution in [0.1, 0.15) is 23.7 Å². The lowest BCUT2D eigenvalue weighted by Gasteiger charge is -2.18. The first kappa shape index (κ1) is 21.9. The smallest absolute Gasteiger partial charge is 0.383 e. The predicted octanol–water partition coefficient (Wildman–Crippen LogP) is 3.77. The van der Waals surface area contributed by atoms with Gasteiger partial charge in [-0.3, -0.25) is 0 Å². The summed E-state index contributed by atoms with van der Waals surface area (Å²) in [7, 11) is 0. The molecule has 0 amide bonds. The van der Waals surface area contributed by atoms with Gasteiger partial charge in [0.15, 0.2) is 5.82 Å². The minimum atomic E-state index is -5.38. The minimum Gasteiger partial charge on any atom is -0.383 e. The Kier molecular flexibility index (Phi) is 6.22. The van der Waals surface area contributed by atoms with Gasteiger partial charge in [-0.05, 0) is 37.6 Å². The molecule has 1 aliphatic rings. The third-order valence-corrected chi connectivity index (χ3v) is 4.57. The number of hydrogen-bond acceptors (Lipinski definition) is 7. The molecule has 0 spiro atoms. The summed E-state index contributed by atoms with van der Waals surface area (Å²) in [5.41, 5.74) is -0.867. The van der Waals surface area contributed by atoms with Gasteiger partial charge < -0.3 is 14.8 Å². The number of ether oxygens (including phenoxy) is 2. The molecule has 30 heavy (non-hydrogen) atoms. The fourth-order valence-corrected chi connectivity index (χ4v) is 2.95. The van der Waals surface area contributed by atoms with Crippen molar-refractivity contribution in [1.29, 1.82) is 0 Å². The average Bonchev–Trinajstić information content (AvgIpc) is 3.08. The topological polar surface area (TPSA) is 90.4 Å². The van der Waals surface area contributed by atoms with Crippen molar-refractivity contribution in [1.82, 2.24) is 10.2 Å². The second kappa shape index (κ2) is 8.52. The van der Waals surface area contributed by atoms with E-state index in [1.165, 1.54) is 12.1 Å². The molecular weight excluding hydrogens is 434 g/mol. The summed E-state index contributed by atoms with van der Waals surface area (Å²) in [6.45, 7) is 2.17. The van der Waals surface area contributed by atoms with Gasteiger partial charge in [-0.15, -0.1) is 10.2 Å². The Hall–Kier alpha value is -2.79. The van der Waals surface area contributed by atoms with Crippen LogP contribution in [0.5, 0.6) is 0 Å². The van der Waals surface area contributed by atoms with Crippen molar-refractivity contribution in [2.24, 2.45) is 0 Å². The number of hydrogen-bond donors (Lipinski definition) is 1. The van der Waals surface area contributed by atoms with Crippen LogP contribution in [0.25, 0.3) is 11.3 Å². The largest absolute Gasteiger partial charge is 0.491 e. The third kappa shape index (κ3) is 4.85. The molecule has 1 saturated heterocycles. The lowest BCUT2D eigenvalue weighted by Crippen LogP contribution is -2.30. The highest BCUT2D eigenvalue weighted by Crippen LogP contribution is 2.28. The fourth-order valence-electron chi connectivity index (χ4n) is 2.77. The zero-order valence-corrected chi connectivity index (χ0v) is 16.1. The molecule has 12 heteroatoms. The second-order valence-electron chi connectivity index (χ2n) is 6.41. The summed E-state index contributed by atoms with van der Waals surface area (Å²) >= 11 is 5.85. The van der Waals surface area contributed by atoms with E-state index in [2.05, 4.69) is 20.3 Å². The van der Waals surface area contributed by atoms with Crippen molar-refractivity contribution in [2.75, 3.05) is 11.9 Å². The Morgan fingerprint density at radius 3 is 2.63 bits per heavy atom. The van der Waals surface area contributed by atoms with Crippen LogP contribution in [0, 0.1) is 5.82 Å². The number of nitrogens with one attached hydrogen (secondary N) is 1. The maximum atomic E-state index is 14.2. The molecule has 1 aromatic heterocycles. The monoisotopic (exact) mass is 447 g/mol. The van der Waals surface area contributed by atoms with E-state index in [9.17, 15) is 27.2 Å². The number of aromatic nitrogens is 2. The summed E-state index contributed by atoms with van der Waals surface area (Å²) in [5, 5.41) is 10.6. The molecule has 7 nitrogen and oxygen atoms in total. The molecule has 2 unspecified atom stereocenters. The zero-order chi connectivity index (χ0) is 22.1. The average molecular weight is 448 g/mol. The van der Waals surface area contributed by atoms with E-state index >= 15 is 0 Å². The Morgan fingerprint density at radius 1 is 1.27 bits per heavy atom. The fraction of sp³-hybridized carbons (Fsp3) is 0.333. The Morgan fingerprint density at radius 2 is 2.00 bits per heavy atom. The molecule has 1 fully saturated rings. The van der Waals surface area contributed by atoms with Gasteiger partial charge in [0.2, 0.25) is 0 Å². The van der Waals surface area contributed by atoms with Crippen LogP contribution in [0.15, 0.2) is 24.3 Å². The Labute approximate surface area is 172 Å². The number of alkyl halides is 3. The normalized spacial score (nSPS) is 18.9. The van der Waals surface area contributed by atoms with Crippen molar-refractivity contribution in [3.63, 3.8) is 0 Å². The molecule has 2 aromatic rings. The zero-order valence-electron chi connectivity index (χ0n) is 15.3. The molecule has 0 radical (unpaired) electrons. The Bertz CT molecular complexity index is 986. The van der Waals surface area contributed by atoms with Crippen molar-refractivity contribution in [3.05, 3.63) is 40.7 Å². The van der Waals surface area contributed by atoms with Crippen molar-refractivity contribution in [3.8, 4) is 11.3 Å². The van der Waals surface area contributed by atoms with Gasteiger partial charge in [0.05, 0.1) is 17.8 Å². The highest BCUT2D eigenvalue weighted by molar-refractivity contribution is 6.30. The van der Waals surface area contributed by atoms with Gasteiger partial charge in [-0.2, -0.15) is 13.2 Å². The number of benzene rings is 1. The summed E-state index contributed by atoms with van der Waals surface area (Å²) in [5.74, 6) is -5.30. The van der Waals surface area contributed by atoms with Crippen LogP contribution >= 0.6 is 11.6 Å². The van der Waals surface area contributed by atoms with Crippen molar-refractivity contribution < 1.29 is 36.6 Å². The number of rotatable bonds is 4. The van der Waals surface area contributed by atoms with E-state index in [4.69, 9.17) is 16.3 Å². The molecule has 2 heterocycles. The molecule has 3 rings (SSSR count). The quantitative estimate of drug-likeness (QED) is 0.433. The maximum absolute atomic E-state index is 14.2. The van der Waals surface area contributed by atoms with Crippen LogP contribution in [0.3, 0.4) is 0 Å². The number of esters is 2. The first-order valence-electron chi connectivity index (χ1n) is 8.61. The molecule has 160 valence electrons. The lowest BCUT2D eigenvalue weighted by molar-refractivity contribution is -0.193. The van der Waals surface area contributed by atoms with E-state index < -0.39 is 29.5 Å². The third-order valence-electron chi connectivity index (χ3n) is 4.33. The molecule has 1 N–H and O–H groups in total. The summed E-state index contributed by atoms with van der Waals surface area (Å²) in [4.78, 5) is 23.4. The number of anilines is 1. The molecule has 0 saturated carbocycles. The first-order chi connectivity index (χ1) is 14.1. The molecule has 1 aromatic carbocycles. The highest BCUT2D eigenvalue weighted by Gasteiger charge is 2.43. The van der Waals surface area contributed by atoms with Crippen LogP contribution < -0.4 is 5.32 Å². The van der Waals surface area contributed by atoms with Gasteiger partial charge in [0, 0.05) is 17.2 Å². The Balaban J connectivity index is 2.01. The van der Waals surface area contributed by atoms with Crippen LogP contribution in [-0.4, -0.2) is 47.1 Å². The second-order valence-corrected chi connectivity index (χ2v) is 6.84. The van der Waals surface area contributed by atoms with Gasteiger partial charge in [0.1, 0.15) is 11.4 Å². The van der Waals surface area contributed by atoms with Gasteiger partial charge >= 0.3 is 18.1 Å². The van der Waals surface area contributed by atoms with E-state index in [0.29, 0.717) is 13.0 Å².